The molecule has 0 radical (unpaired) electrons. The van der Waals surface area contributed by atoms with E-state index in [2.05, 4.69) is 0 Å². The van der Waals surface area contributed by atoms with Crippen LogP contribution in [0.3, 0.4) is 0 Å². The van der Waals surface area contributed by atoms with E-state index in [0.29, 0.717) is 36.4 Å². The second-order valence-electron chi connectivity index (χ2n) is 9.12. The molecule has 1 aliphatic carbocycles. The minimum Gasteiger partial charge on any atom is -0.480 e. The lowest BCUT2D eigenvalue weighted by atomic mass is 9.71. The van der Waals surface area contributed by atoms with Crippen LogP contribution in [0.4, 0.5) is 0 Å². The number of aliphatic hydroxyl groups is 1. The Hall–Kier alpha value is -2.34. The van der Waals surface area contributed by atoms with Crippen molar-refractivity contribution in [3.05, 3.63) is 39.2 Å². The Bertz CT molecular complexity index is 1040. The Morgan fingerprint density at radius 2 is 2.00 bits per heavy atom. The van der Waals surface area contributed by atoms with Gasteiger partial charge in [-0.1, -0.05) is 12.8 Å². The zero-order valence-electron chi connectivity index (χ0n) is 18.3. The van der Waals surface area contributed by atoms with Gasteiger partial charge in [0, 0.05) is 24.6 Å². The van der Waals surface area contributed by atoms with Crippen molar-refractivity contribution in [3.8, 4) is 5.75 Å². The lowest BCUT2D eigenvalue weighted by molar-refractivity contribution is -0.149. The first-order valence-corrected chi connectivity index (χ1v) is 10.9. The third-order valence-corrected chi connectivity index (χ3v) is 7.05. The highest BCUT2D eigenvalue weighted by molar-refractivity contribution is 5.89. The van der Waals surface area contributed by atoms with Crippen molar-refractivity contribution in [2.24, 2.45) is 5.92 Å². The first-order valence-electron chi connectivity index (χ1n) is 10.9. The normalized spacial score (nSPS) is 25.1. The first kappa shape index (κ1) is 20.9. The Kier molecular flexibility index (Phi) is 5.39. The average molecular weight is 414 g/mol. The maximum atomic E-state index is 13.2. The number of benzene rings is 1. The number of carbonyl (C=O) groups excluding carboxylic acids is 1. The van der Waals surface area contributed by atoms with E-state index in [0.717, 1.165) is 42.2 Å². The van der Waals surface area contributed by atoms with Crippen LogP contribution in [0.15, 0.2) is 21.3 Å². The third-order valence-electron chi connectivity index (χ3n) is 7.05. The number of hydrogen-bond donors (Lipinski definition) is 1. The molecular formula is C24H31NO5. The van der Waals surface area contributed by atoms with Gasteiger partial charge in [-0.25, -0.2) is 4.79 Å². The molecule has 2 heterocycles. The number of ether oxygens (including phenoxy) is 1. The Morgan fingerprint density at radius 3 is 2.77 bits per heavy atom. The van der Waals surface area contributed by atoms with E-state index in [1.807, 2.05) is 30.9 Å². The van der Waals surface area contributed by atoms with Crippen LogP contribution < -0.4 is 10.4 Å². The van der Waals surface area contributed by atoms with E-state index in [4.69, 9.17) is 9.15 Å². The summed E-state index contributed by atoms with van der Waals surface area (Å²) in [6.45, 7) is 8.42. The van der Waals surface area contributed by atoms with Gasteiger partial charge in [0.15, 0.2) is 6.10 Å². The molecule has 4 rings (SSSR count). The molecular weight excluding hydrogens is 382 g/mol. The van der Waals surface area contributed by atoms with Crippen LogP contribution in [0.5, 0.6) is 5.75 Å². The molecule has 2 aliphatic rings. The molecule has 1 aromatic carbocycles. The third kappa shape index (κ3) is 3.62. The highest BCUT2D eigenvalue weighted by Gasteiger charge is 2.44. The number of fused-ring (bicyclic) bond motifs is 2. The van der Waals surface area contributed by atoms with Crippen LogP contribution in [-0.4, -0.2) is 40.7 Å². The topological polar surface area (TPSA) is 80.0 Å². The summed E-state index contributed by atoms with van der Waals surface area (Å²) < 4.78 is 11.6. The summed E-state index contributed by atoms with van der Waals surface area (Å²) in [5.74, 6) is 0.639. The summed E-state index contributed by atoms with van der Waals surface area (Å²) in [6, 6.07) is 3.70. The SMILES string of the molecule is Cc1cc(O[C@H](C)C(=O)N2CC[C@]3(O)CCCC[C@H]3C2)c2c(C)c(C)c(=O)oc2c1. The fourth-order valence-electron chi connectivity index (χ4n) is 5.05. The number of amides is 1. The molecule has 1 N–H and O–H groups in total. The number of carbonyl (C=O) groups is 1. The predicted octanol–water partition coefficient (Wildman–Crippen LogP) is 3.64. The Balaban J connectivity index is 1.57. The van der Waals surface area contributed by atoms with E-state index in [-0.39, 0.29) is 17.5 Å². The van der Waals surface area contributed by atoms with Gasteiger partial charge in [-0.2, -0.15) is 0 Å². The molecule has 1 saturated carbocycles. The van der Waals surface area contributed by atoms with Crippen molar-refractivity contribution in [3.63, 3.8) is 0 Å². The minimum atomic E-state index is -0.670. The van der Waals surface area contributed by atoms with Crippen molar-refractivity contribution >= 4 is 16.9 Å². The zero-order chi connectivity index (χ0) is 21.6. The zero-order valence-corrected chi connectivity index (χ0v) is 18.3. The molecule has 3 atom stereocenters. The smallest absolute Gasteiger partial charge is 0.339 e. The largest absolute Gasteiger partial charge is 0.480 e. The van der Waals surface area contributed by atoms with Gasteiger partial charge in [0.05, 0.1) is 11.0 Å². The molecule has 2 aromatic rings. The van der Waals surface area contributed by atoms with Crippen molar-refractivity contribution in [2.75, 3.05) is 13.1 Å². The summed E-state index contributed by atoms with van der Waals surface area (Å²) in [7, 11) is 0. The summed E-state index contributed by atoms with van der Waals surface area (Å²) in [6.07, 6.45) is 3.94. The fraction of sp³-hybridized carbons (Fsp3) is 0.583. The predicted molar refractivity (Wildman–Crippen MR) is 115 cm³/mol. The lowest BCUT2D eigenvalue weighted by Crippen LogP contribution is -2.56. The van der Waals surface area contributed by atoms with Crippen LogP contribution in [0.1, 0.15) is 55.7 Å². The average Bonchev–Trinajstić information content (AvgIpc) is 2.70. The molecule has 6 nitrogen and oxygen atoms in total. The number of rotatable bonds is 3. The van der Waals surface area contributed by atoms with Gasteiger partial charge in [-0.3, -0.25) is 4.79 Å². The molecule has 0 unspecified atom stereocenters. The van der Waals surface area contributed by atoms with Gasteiger partial charge in [0.2, 0.25) is 0 Å². The molecule has 2 fully saturated rings. The number of hydrogen-bond acceptors (Lipinski definition) is 5. The molecule has 1 aromatic heterocycles. The second-order valence-corrected chi connectivity index (χ2v) is 9.12. The fourth-order valence-corrected chi connectivity index (χ4v) is 5.05. The van der Waals surface area contributed by atoms with Crippen LogP contribution in [0.2, 0.25) is 0 Å². The minimum absolute atomic E-state index is 0.0657. The number of likely N-dealkylation sites (tertiary alicyclic amines) is 1. The van der Waals surface area contributed by atoms with Crippen LogP contribution in [0, 0.1) is 26.7 Å². The highest BCUT2D eigenvalue weighted by atomic mass is 16.5. The van der Waals surface area contributed by atoms with Crippen LogP contribution in [0.25, 0.3) is 11.0 Å². The Morgan fingerprint density at radius 1 is 1.23 bits per heavy atom. The van der Waals surface area contributed by atoms with Gasteiger partial charge in [0.1, 0.15) is 11.3 Å². The van der Waals surface area contributed by atoms with Gasteiger partial charge in [0.25, 0.3) is 5.91 Å². The maximum Gasteiger partial charge on any atom is 0.339 e. The van der Waals surface area contributed by atoms with Crippen LogP contribution in [-0.2, 0) is 4.79 Å². The van der Waals surface area contributed by atoms with E-state index >= 15 is 0 Å². The number of piperidine rings is 1. The highest BCUT2D eigenvalue weighted by Crippen LogP contribution is 2.40. The molecule has 1 aliphatic heterocycles. The quantitative estimate of drug-likeness (QED) is 0.777. The summed E-state index contributed by atoms with van der Waals surface area (Å²) >= 11 is 0. The molecule has 6 heteroatoms. The van der Waals surface area contributed by atoms with Crippen molar-refractivity contribution in [1.82, 2.24) is 4.90 Å². The number of nitrogens with zero attached hydrogens (tertiary/aromatic N) is 1. The molecule has 1 amide bonds. The van der Waals surface area contributed by atoms with E-state index in [1.54, 1.807) is 13.8 Å². The van der Waals surface area contributed by atoms with E-state index in [9.17, 15) is 14.7 Å². The van der Waals surface area contributed by atoms with Gasteiger partial charge < -0.3 is 19.2 Å². The summed E-state index contributed by atoms with van der Waals surface area (Å²) in [5, 5.41) is 11.6. The Labute approximate surface area is 176 Å². The van der Waals surface area contributed by atoms with Gasteiger partial charge in [-0.05, 0) is 70.2 Å². The molecule has 0 bridgehead atoms. The monoisotopic (exact) mass is 413 g/mol. The molecule has 1 saturated heterocycles. The van der Waals surface area contributed by atoms with Crippen molar-refractivity contribution in [1.29, 1.82) is 0 Å². The standard InChI is InChI=1S/C24H31NO5/c1-14-11-19(21-15(2)16(3)23(27)30-20(21)12-14)29-17(4)22(26)25-10-9-24(28)8-6-5-7-18(24)13-25/h11-12,17-18,28H,5-10,13H2,1-4H3/t17-,18+,24-/m1/s1. The van der Waals surface area contributed by atoms with Crippen molar-refractivity contribution in [2.45, 2.75) is 71.5 Å². The molecule has 30 heavy (non-hydrogen) atoms. The number of aryl methyl sites for hydroxylation is 2. The van der Waals surface area contributed by atoms with Crippen molar-refractivity contribution < 1.29 is 19.1 Å². The summed E-state index contributed by atoms with van der Waals surface area (Å²) in [5.41, 5.74) is 1.76. The second kappa shape index (κ2) is 7.73. The van der Waals surface area contributed by atoms with Gasteiger partial charge >= 0.3 is 5.63 Å². The van der Waals surface area contributed by atoms with E-state index in [1.165, 1.54) is 0 Å². The van der Waals surface area contributed by atoms with E-state index < -0.39 is 11.7 Å². The molecule has 0 spiro atoms. The lowest BCUT2D eigenvalue weighted by Gasteiger charge is -2.47. The summed E-state index contributed by atoms with van der Waals surface area (Å²) in [4.78, 5) is 27.1. The van der Waals surface area contributed by atoms with Gasteiger partial charge in [-0.15, -0.1) is 0 Å². The maximum absolute atomic E-state index is 13.2. The first-order chi connectivity index (χ1) is 14.2. The molecule has 162 valence electrons. The van der Waals surface area contributed by atoms with Crippen LogP contribution >= 0.6 is 0 Å².